The van der Waals surface area contributed by atoms with Crippen LogP contribution in [0.5, 0.6) is 0 Å². The van der Waals surface area contributed by atoms with Crippen molar-refractivity contribution in [2.24, 2.45) is 34.5 Å². The van der Waals surface area contributed by atoms with Crippen LogP contribution in [0.4, 0.5) is 0 Å². The second kappa shape index (κ2) is 5.04. The predicted molar refractivity (Wildman–Crippen MR) is 88.4 cm³/mol. The first-order chi connectivity index (χ1) is 10.2. The van der Waals surface area contributed by atoms with Crippen molar-refractivity contribution >= 4 is 11.6 Å². The van der Waals surface area contributed by atoms with Crippen LogP contribution in [0.2, 0.25) is 0 Å². The van der Waals surface area contributed by atoms with E-state index in [9.17, 15) is 9.59 Å². The molecule has 0 spiro atoms. The number of allylic oxidation sites excluding steroid dienone is 2. The van der Waals surface area contributed by atoms with Gasteiger partial charge in [-0.1, -0.05) is 33.3 Å². The Hall–Kier alpha value is -0.920. The molecule has 3 aliphatic carbocycles. The topological polar surface area (TPSA) is 34.1 Å². The van der Waals surface area contributed by atoms with Gasteiger partial charge in [-0.25, -0.2) is 0 Å². The first-order valence-corrected chi connectivity index (χ1v) is 8.96. The Kier molecular flexibility index (Phi) is 3.66. The summed E-state index contributed by atoms with van der Waals surface area (Å²) < 4.78 is 0. The van der Waals surface area contributed by atoms with Crippen molar-refractivity contribution in [2.75, 3.05) is 0 Å². The molecular weight excluding hydrogens is 272 g/mol. The zero-order valence-corrected chi connectivity index (χ0v) is 14.7. The summed E-state index contributed by atoms with van der Waals surface area (Å²) in [4.78, 5) is 24.2. The van der Waals surface area contributed by atoms with Crippen LogP contribution in [-0.4, -0.2) is 11.6 Å². The smallest absolute Gasteiger partial charge is 0.155 e. The maximum absolute atomic E-state index is 12.2. The Morgan fingerprint density at radius 2 is 1.91 bits per heavy atom. The minimum atomic E-state index is -0.146. The molecule has 0 N–H and O–H groups in total. The monoisotopic (exact) mass is 302 g/mol. The molecule has 3 aliphatic rings. The lowest BCUT2D eigenvalue weighted by molar-refractivity contribution is -0.138. The van der Waals surface area contributed by atoms with E-state index in [1.807, 2.05) is 6.08 Å². The van der Waals surface area contributed by atoms with Gasteiger partial charge in [0.25, 0.3) is 0 Å². The molecule has 0 saturated heterocycles. The highest BCUT2D eigenvalue weighted by molar-refractivity contribution is 5.92. The summed E-state index contributed by atoms with van der Waals surface area (Å²) >= 11 is 0. The van der Waals surface area contributed by atoms with E-state index >= 15 is 0 Å². The Bertz CT molecular complexity index is 546. The fraction of sp³-hybridized carbons (Fsp3) is 0.800. The molecule has 0 amide bonds. The summed E-state index contributed by atoms with van der Waals surface area (Å²) in [5.41, 5.74) is 1.42. The van der Waals surface area contributed by atoms with Gasteiger partial charge in [0.15, 0.2) is 5.78 Å². The number of fused-ring (bicyclic) bond motifs is 3. The van der Waals surface area contributed by atoms with E-state index in [1.54, 1.807) is 6.92 Å². The van der Waals surface area contributed by atoms with Crippen molar-refractivity contribution in [1.82, 2.24) is 0 Å². The Balaban J connectivity index is 1.98. The van der Waals surface area contributed by atoms with Crippen LogP contribution in [0, 0.1) is 34.5 Å². The molecule has 0 aliphatic heterocycles. The Labute approximate surface area is 134 Å². The number of hydrogen-bond donors (Lipinski definition) is 0. The number of Topliss-reactive ketones (excluding diaryl/α,β-unsaturated/α-hetero) is 1. The first kappa shape index (κ1) is 16.0. The highest BCUT2D eigenvalue weighted by Crippen LogP contribution is 2.62. The fourth-order valence-electron chi connectivity index (χ4n) is 5.92. The van der Waals surface area contributed by atoms with Crippen molar-refractivity contribution in [3.05, 3.63) is 11.6 Å². The predicted octanol–water partition coefficient (Wildman–Crippen LogP) is 4.58. The zero-order valence-electron chi connectivity index (χ0n) is 14.7. The number of carbonyl (C=O) groups excluding carboxylic acids is 2. The second-order valence-electron chi connectivity index (χ2n) is 8.63. The van der Waals surface area contributed by atoms with E-state index in [2.05, 4.69) is 27.7 Å². The van der Waals surface area contributed by atoms with Gasteiger partial charge >= 0.3 is 0 Å². The molecule has 2 fully saturated rings. The van der Waals surface area contributed by atoms with Gasteiger partial charge in [0.2, 0.25) is 0 Å². The van der Waals surface area contributed by atoms with Gasteiger partial charge in [0.1, 0.15) is 5.78 Å². The lowest BCUT2D eigenvalue weighted by Gasteiger charge is -2.59. The molecule has 0 heterocycles. The maximum atomic E-state index is 12.2. The number of hydrogen-bond acceptors (Lipinski definition) is 2. The Morgan fingerprint density at radius 1 is 1.23 bits per heavy atom. The summed E-state index contributed by atoms with van der Waals surface area (Å²) in [5, 5.41) is 0. The van der Waals surface area contributed by atoms with Gasteiger partial charge in [0, 0.05) is 11.8 Å². The standard InChI is InChI=1S/C20H30O2/c1-12-10-16(22)11-15-6-7-17-13(2)19(4,14(3)21)9-8-18(17)20(12,15)5/h11-13,17-18H,6-10H2,1-5H3/t12-,13?,17?,18?,19?,20?/m0/s1. The highest BCUT2D eigenvalue weighted by atomic mass is 16.1. The van der Waals surface area contributed by atoms with E-state index < -0.39 is 0 Å². The second-order valence-corrected chi connectivity index (χ2v) is 8.63. The average Bonchev–Trinajstić information content (AvgIpc) is 2.44. The van der Waals surface area contributed by atoms with Crippen molar-refractivity contribution in [3.8, 4) is 0 Å². The first-order valence-electron chi connectivity index (χ1n) is 8.96. The van der Waals surface area contributed by atoms with E-state index in [-0.39, 0.29) is 10.8 Å². The molecule has 3 rings (SSSR count). The quantitative estimate of drug-likeness (QED) is 0.710. The van der Waals surface area contributed by atoms with E-state index in [0.29, 0.717) is 41.7 Å². The third-order valence-corrected chi connectivity index (χ3v) is 8.02. The summed E-state index contributed by atoms with van der Waals surface area (Å²) in [6.45, 7) is 10.9. The molecule has 6 atom stereocenters. The third-order valence-electron chi connectivity index (χ3n) is 8.02. The van der Waals surface area contributed by atoms with E-state index in [0.717, 1.165) is 25.7 Å². The van der Waals surface area contributed by atoms with Crippen LogP contribution < -0.4 is 0 Å². The summed E-state index contributed by atoms with van der Waals surface area (Å²) in [7, 11) is 0. The number of carbonyl (C=O) groups is 2. The van der Waals surface area contributed by atoms with Crippen LogP contribution in [0.25, 0.3) is 0 Å². The maximum Gasteiger partial charge on any atom is 0.155 e. The Morgan fingerprint density at radius 3 is 2.55 bits per heavy atom. The molecule has 122 valence electrons. The molecule has 22 heavy (non-hydrogen) atoms. The molecule has 2 saturated carbocycles. The van der Waals surface area contributed by atoms with Crippen LogP contribution in [0.15, 0.2) is 11.6 Å². The van der Waals surface area contributed by atoms with Gasteiger partial charge in [-0.15, -0.1) is 0 Å². The van der Waals surface area contributed by atoms with Crippen molar-refractivity contribution in [2.45, 2.75) is 66.7 Å². The summed E-state index contributed by atoms with van der Waals surface area (Å²) in [6.07, 6.45) is 7.00. The molecule has 0 radical (unpaired) electrons. The van der Waals surface area contributed by atoms with Gasteiger partial charge in [-0.2, -0.15) is 0 Å². The van der Waals surface area contributed by atoms with Gasteiger partial charge in [0.05, 0.1) is 0 Å². The van der Waals surface area contributed by atoms with Crippen LogP contribution in [0.1, 0.15) is 66.7 Å². The highest BCUT2D eigenvalue weighted by Gasteiger charge is 2.56. The molecular formula is C20H30O2. The number of ketones is 2. The lowest BCUT2D eigenvalue weighted by Crippen LogP contribution is -2.53. The largest absolute Gasteiger partial charge is 0.299 e. The number of rotatable bonds is 1. The molecule has 0 aromatic heterocycles. The van der Waals surface area contributed by atoms with Crippen molar-refractivity contribution in [3.63, 3.8) is 0 Å². The molecule has 0 aromatic rings. The molecule has 0 aromatic carbocycles. The molecule has 2 heteroatoms. The van der Waals surface area contributed by atoms with Gasteiger partial charge < -0.3 is 0 Å². The molecule has 2 nitrogen and oxygen atoms in total. The van der Waals surface area contributed by atoms with Crippen LogP contribution in [0.3, 0.4) is 0 Å². The van der Waals surface area contributed by atoms with Crippen LogP contribution >= 0.6 is 0 Å². The average molecular weight is 302 g/mol. The molecule has 0 bridgehead atoms. The van der Waals surface area contributed by atoms with Crippen molar-refractivity contribution in [1.29, 1.82) is 0 Å². The normalized spacial score (nSPS) is 48.2. The van der Waals surface area contributed by atoms with Gasteiger partial charge in [-0.3, -0.25) is 9.59 Å². The van der Waals surface area contributed by atoms with Crippen molar-refractivity contribution < 1.29 is 9.59 Å². The minimum absolute atomic E-state index is 0.146. The zero-order chi connectivity index (χ0) is 16.3. The SMILES string of the molecule is CC(=O)C1(C)CCC2C(CCC3=CC(=O)C[C@H](C)C32C)C1C. The summed E-state index contributed by atoms with van der Waals surface area (Å²) in [5.74, 6) is 2.82. The van der Waals surface area contributed by atoms with E-state index in [4.69, 9.17) is 0 Å². The van der Waals surface area contributed by atoms with Gasteiger partial charge in [-0.05, 0) is 67.8 Å². The fourth-order valence-corrected chi connectivity index (χ4v) is 5.92. The van der Waals surface area contributed by atoms with Crippen LogP contribution in [-0.2, 0) is 9.59 Å². The lowest BCUT2D eigenvalue weighted by atomic mass is 9.45. The molecule has 5 unspecified atom stereocenters. The summed E-state index contributed by atoms with van der Waals surface area (Å²) in [6, 6.07) is 0. The minimum Gasteiger partial charge on any atom is -0.299 e. The van der Waals surface area contributed by atoms with E-state index in [1.165, 1.54) is 5.57 Å². The third kappa shape index (κ3) is 1.98.